The Labute approximate surface area is 108 Å². The summed E-state index contributed by atoms with van der Waals surface area (Å²) in [6.07, 6.45) is 0. The molecule has 16 heavy (non-hydrogen) atoms. The van der Waals surface area contributed by atoms with Crippen LogP contribution in [0.25, 0.3) is 0 Å². The van der Waals surface area contributed by atoms with Crippen LogP contribution in [0.2, 0.25) is 0 Å². The summed E-state index contributed by atoms with van der Waals surface area (Å²) in [4.78, 5) is 13.4. The molecule has 0 aliphatic rings. The molecule has 5 heteroatoms. The fraction of sp³-hybridized carbons (Fsp3) is 0.364. The third kappa shape index (κ3) is 3.39. The number of phenols is 1. The standard InChI is InChI=1S/C11H13BrClNO2/c1-7(13)6-14(2)11(16)9-4-3-8(12)5-10(9)15/h3-5,7,15H,6H2,1-2H3. The monoisotopic (exact) mass is 305 g/mol. The quantitative estimate of drug-likeness (QED) is 0.872. The van der Waals surface area contributed by atoms with Crippen LogP contribution in [0.1, 0.15) is 17.3 Å². The largest absolute Gasteiger partial charge is 0.507 e. The molecule has 1 unspecified atom stereocenters. The zero-order chi connectivity index (χ0) is 12.3. The Hall–Kier alpha value is -0.740. The first-order chi connectivity index (χ1) is 7.41. The van der Waals surface area contributed by atoms with Crippen LogP contribution in [-0.2, 0) is 0 Å². The van der Waals surface area contributed by atoms with Crippen molar-refractivity contribution in [3.05, 3.63) is 28.2 Å². The smallest absolute Gasteiger partial charge is 0.257 e. The maximum atomic E-state index is 11.9. The van der Waals surface area contributed by atoms with Crippen LogP contribution in [0.4, 0.5) is 0 Å². The number of rotatable bonds is 3. The van der Waals surface area contributed by atoms with Crippen LogP contribution in [0.15, 0.2) is 22.7 Å². The van der Waals surface area contributed by atoms with E-state index in [1.807, 2.05) is 6.92 Å². The normalized spacial score (nSPS) is 12.2. The molecule has 1 atom stereocenters. The van der Waals surface area contributed by atoms with Gasteiger partial charge < -0.3 is 10.0 Å². The number of hydrogen-bond donors (Lipinski definition) is 1. The number of nitrogens with zero attached hydrogens (tertiary/aromatic N) is 1. The molecule has 1 rings (SSSR count). The van der Waals surface area contributed by atoms with E-state index in [9.17, 15) is 9.90 Å². The van der Waals surface area contributed by atoms with Crippen molar-refractivity contribution in [1.82, 2.24) is 4.90 Å². The van der Waals surface area contributed by atoms with Crippen LogP contribution in [0.5, 0.6) is 5.75 Å². The van der Waals surface area contributed by atoms with E-state index in [4.69, 9.17) is 11.6 Å². The minimum absolute atomic E-state index is 0.0338. The maximum Gasteiger partial charge on any atom is 0.257 e. The summed E-state index contributed by atoms with van der Waals surface area (Å²) in [7, 11) is 1.66. The second-order valence-electron chi connectivity index (χ2n) is 3.63. The summed E-state index contributed by atoms with van der Waals surface area (Å²) < 4.78 is 0.731. The molecule has 0 aliphatic heterocycles. The molecule has 1 aromatic carbocycles. The Morgan fingerprint density at radius 2 is 2.25 bits per heavy atom. The minimum atomic E-state index is -0.238. The average molecular weight is 307 g/mol. The fourth-order valence-corrected chi connectivity index (χ4v) is 1.91. The summed E-state index contributed by atoms with van der Waals surface area (Å²) in [6.45, 7) is 2.25. The number of alkyl halides is 1. The van der Waals surface area contributed by atoms with Crippen LogP contribution in [0, 0.1) is 0 Å². The Bertz CT molecular complexity index is 396. The summed E-state index contributed by atoms with van der Waals surface area (Å²) in [5.41, 5.74) is 0.281. The lowest BCUT2D eigenvalue weighted by Gasteiger charge is -2.19. The van der Waals surface area contributed by atoms with Gasteiger partial charge in [-0.1, -0.05) is 15.9 Å². The van der Waals surface area contributed by atoms with Crippen molar-refractivity contribution in [1.29, 1.82) is 0 Å². The molecule has 88 valence electrons. The van der Waals surface area contributed by atoms with E-state index in [0.717, 1.165) is 4.47 Å². The van der Waals surface area contributed by atoms with E-state index in [1.54, 1.807) is 19.2 Å². The number of aromatic hydroxyl groups is 1. The Morgan fingerprint density at radius 1 is 1.62 bits per heavy atom. The van der Waals surface area contributed by atoms with Gasteiger partial charge in [-0.3, -0.25) is 4.79 Å². The van der Waals surface area contributed by atoms with Crippen LogP contribution in [-0.4, -0.2) is 34.9 Å². The fourth-order valence-electron chi connectivity index (χ4n) is 1.35. The molecule has 0 fully saturated rings. The second-order valence-corrected chi connectivity index (χ2v) is 5.29. The molecule has 3 nitrogen and oxygen atoms in total. The summed E-state index contributed by atoms with van der Waals surface area (Å²) in [6, 6.07) is 4.78. The highest BCUT2D eigenvalue weighted by Gasteiger charge is 2.16. The molecule has 0 aliphatic carbocycles. The first-order valence-corrected chi connectivity index (χ1v) is 6.03. The van der Waals surface area contributed by atoms with Crippen LogP contribution < -0.4 is 0 Å². The van der Waals surface area contributed by atoms with Crippen molar-refractivity contribution < 1.29 is 9.90 Å². The molecular formula is C11H13BrClNO2. The third-order valence-electron chi connectivity index (χ3n) is 2.06. The van der Waals surface area contributed by atoms with Gasteiger partial charge in [-0.15, -0.1) is 11.6 Å². The highest BCUT2D eigenvalue weighted by Crippen LogP contribution is 2.23. The molecular weight excluding hydrogens is 293 g/mol. The number of hydrogen-bond acceptors (Lipinski definition) is 2. The van der Waals surface area contributed by atoms with Gasteiger partial charge in [0.25, 0.3) is 5.91 Å². The highest BCUT2D eigenvalue weighted by atomic mass is 79.9. The Balaban J connectivity index is 2.88. The lowest BCUT2D eigenvalue weighted by Crippen LogP contribution is -2.31. The van der Waals surface area contributed by atoms with E-state index in [1.165, 1.54) is 11.0 Å². The van der Waals surface area contributed by atoms with Gasteiger partial charge in [0.1, 0.15) is 5.75 Å². The van der Waals surface area contributed by atoms with E-state index in [2.05, 4.69) is 15.9 Å². The van der Waals surface area contributed by atoms with Crippen molar-refractivity contribution in [3.63, 3.8) is 0 Å². The van der Waals surface area contributed by atoms with Gasteiger partial charge in [0.15, 0.2) is 0 Å². The lowest BCUT2D eigenvalue weighted by atomic mass is 10.2. The predicted octanol–water partition coefficient (Wildman–Crippen LogP) is 2.85. The van der Waals surface area contributed by atoms with E-state index < -0.39 is 0 Å². The third-order valence-corrected chi connectivity index (χ3v) is 2.69. The Kier molecular flexibility index (Phi) is 4.62. The van der Waals surface area contributed by atoms with Crippen LogP contribution in [0.3, 0.4) is 0 Å². The average Bonchev–Trinajstić information content (AvgIpc) is 2.15. The number of carbonyl (C=O) groups excluding carboxylic acids is 1. The van der Waals surface area contributed by atoms with E-state index in [-0.39, 0.29) is 22.6 Å². The molecule has 1 aromatic rings. The maximum absolute atomic E-state index is 11.9. The van der Waals surface area contributed by atoms with Crippen molar-refractivity contribution in [2.45, 2.75) is 12.3 Å². The molecule has 0 spiro atoms. The molecule has 0 heterocycles. The minimum Gasteiger partial charge on any atom is -0.507 e. The van der Waals surface area contributed by atoms with Gasteiger partial charge in [-0.2, -0.15) is 0 Å². The van der Waals surface area contributed by atoms with Gasteiger partial charge in [0.05, 0.1) is 5.56 Å². The Morgan fingerprint density at radius 3 is 2.75 bits per heavy atom. The molecule has 0 saturated carbocycles. The SMILES string of the molecule is CC(Cl)CN(C)C(=O)c1ccc(Br)cc1O. The number of carbonyl (C=O) groups is 1. The molecule has 0 bridgehead atoms. The summed E-state index contributed by atoms with van der Waals surface area (Å²) >= 11 is 9.02. The zero-order valence-corrected chi connectivity index (χ0v) is 11.4. The second kappa shape index (κ2) is 5.55. The van der Waals surface area contributed by atoms with Gasteiger partial charge in [-0.25, -0.2) is 0 Å². The summed E-state index contributed by atoms with van der Waals surface area (Å²) in [5, 5.41) is 9.52. The first-order valence-electron chi connectivity index (χ1n) is 4.80. The summed E-state index contributed by atoms with van der Waals surface area (Å²) in [5.74, 6) is -0.272. The van der Waals surface area contributed by atoms with E-state index >= 15 is 0 Å². The topological polar surface area (TPSA) is 40.5 Å². The van der Waals surface area contributed by atoms with Crippen molar-refractivity contribution >= 4 is 33.4 Å². The molecule has 0 aromatic heterocycles. The zero-order valence-electron chi connectivity index (χ0n) is 9.08. The van der Waals surface area contributed by atoms with E-state index in [0.29, 0.717) is 6.54 Å². The predicted molar refractivity (Wildman–Crippen MR) is 68.1 cm³/mol. The number of halogens is 2. The molecule has 1 N–H and O–H groups in total. The van der Waals surface area contributed by atoms with Gasteiger partial charge >= 0.3 is 0 Å². The molecule has 0 radical (unpaired) electrons. The lowest BCUT2D eigenvalue weighted by molar-refractivity contribution is 0.0793. The van der Waals surface area contributed by atoms with Crippen molar-refractivity contribution in [2.24, 2.45) is 0 Å². The molecule has 1 amide bonds. The van der Waals surface area contributed by atoms with Gasteiger partial charge in [0, 0.05) is 23.4 Å². The number of benzene rings is 1. The highest BCUT2D eigenvalue weighted by molar-refractivity contribution is 9.10. The van der Waals surface area contributed by atoms with Gasteiger partial charge in [0.2, 0.25) is 0 Å². The number of phenolic OH excluding ortho intramolecular Hbond substituents is 1. The van der Waals surface area contributed by atoms with Crippen molar-refractivity contribution in [2.75, 3.05) is 13.6 Å². The van der Waals surface area contributed by atoms with Crippen molar-refractivity contribution in [3.8, 4) is 5.75 Å². The number of amides is 1. The van der Waals surface area contributed by atoms with Gasteiger partial charge in [-0.05, 0) is 25.1 Å². The molecule has 0 saturated heterocycles. The van der Waals surface area contributed by atoms with Crippen LogP contribution >= 0.6 is 27.5 Å². The first kappa shape index (κ1) is 13.3.